The molecule has 0 fully saturated rings. The zero-order valence-electron chi connectivity index (χ0n) is 10.3. The SMILES string of the molecule is CCc1cnc2c(c1C)NCC(C)(C)C2=O. The van der Waals surface area contributed by atoms with E-state index in [1.165, 1.54) is 5.56 Å². The number of nitrogens with zero attached hydrogens (tertiary/aromatic N) is 1. The summed E-state index contributed by atoms with van der Waals surface area (Å²) in [6.45, 7) is 8.75. The Morgan fingerprint density at radius 3 is 2.81 bits per heavy atom. The van der Waals surface area contributed by atoms with Crippen molar-refractivity contribution in [2.24, 2.45) is 5.41 Å². The molecule has 0 aliphatic carbocycles. The van der Waals surface area contributed by atoms with Crippen LogP contribution in [0.1, 0.15) is 42.4 Å². The van der Waals surface area contributed by atoms with E-state index in [-0.39, 0.29) is 11.2 Å². The molecular weight excluding hydrogens is 200 g/mol. The molecule has 0 bridgehead atoms. The van der Waals surface area contributed by atoms with Gasteiger partial charge in [0.25, 0.3) is 0 Å². The smallest absolute Gasteiger partial charge is 0.190 e. The Labute approximate surface area is 96.3 Å². The molecule has 0 amide bonds. The monoisotopic (exact) mass is 218 g/mol. The molecule has 0 unspecified atom stereocenters. The molecule has 0 saturated carbocycles. The third kappa shape index (κ3) is 1.51. The highest BCUT2D eigenvalue weighted by atomic mass is 16.1. The van der Waals surface area contributed by atoms with Crippen LogP contribution in [0.5, 0.6) is 0 Å². The van der Waals surface area contributed by atoms with Gasteiger partial charge >= 0.3 is 0 Å². The molecule has 3 heteroatoms. The highest BCUT2D eigenvalue weighted by Crippen LogP contribution is 2.33. The van der Waals surface area contributed by atoms with Crippen LogP contribution in [0.4, 0.5) is 5.69 Å². The first-order valence-electron chi connectivity index (χ1n) is 5.74. The Bertz CT molecular complexity index is 449. The maximum Gasteiger partial charge on any atom is 0.190 e. The number of carbonyl (C=O) groups is 1. The number of anilines is 1. The Morgan fingerprint density at radius 1 is 1.50 bits per heavy atom. The topological polar surface area (TPSA) is 42.0 Å². The van der Waals surface area contributed by atoms with Crippen molar-refractivity contribution >= 4 is 11.5 Å². The first-order chi connectivity index (χ1) is 7.47. The second-order valence-corrected chi connectivity index (χ2v) is 5.05. The number of carbonyl (C=O) groups excluding carboxylic acids is 1. The summed E-state index contributed by atoms with van der Waals surface area (Å²) < 4.78 is 0. The third-order valence-corrected chi connectivity index (χ3v) is 3.36. The van der Waals surface area contributed by atoms with Crippen LogP contribution in [-0.2, 0) is 6.42 Å². The fourth-order valence-corrected chi connectivity index (χ4v) is 2.10. The van der Waals surface area contributed by atoms with Gasteiger partial charge in [0.1, 0.15) is 5.69 Å². The van der Waals surface area contributed by atoms with Gasteiger partial charge in [0.05, 0.1) is 5.69 Å². The van der Waals surface area contributed by atoms with Gasteiger partial charge in [-0.15, -0.1) is 0 Å². The van der Waals surface area contributed by atoms with Crippen LogP contribution < -0.4 is 5.32 Å². The number of pyridine rings is 1. The Balaban J connectivity index is 2.57. The third-order valence-electron chi connectivity index (χ3n) is 3.36. The fourth-order valence-electron chi connectivity index (χ4n) is 2.10. The lowest BCUT2D eigenvalue weighted by atomic mass is 9.82. The number of nitrogens with one attached hydrogen (secondary N) is 1. The Morgan fingerprint density at radius 2 is 2.19 bits per heavy atom. The average molecular weight is 218 g/mol. The molecule has 16 heavy (non-hydrogen) atoms. The van der Waals surface area contributed by atoms with Crippen LogP contribution in [0.3, 0.4) is 0 Å². The zero-order valence-corrected chi connectivity index (χ0v) is 10.3. The zero-order chi connectivity index (χ0) is 11.9. The van der Waals surface area contributed by atoms with Gasteiger partial charge in [-0.05, 0) is 24.5 Å². The summed E-state index contributed by atoms with van der Waals surface area (Å²) in [7, 11) is 0. The number of hydrogen-bond acceptors (Lipinski definition) is 3. The number of Topliss-reactive ketones (excluding diaryl/α,β-unsaturated/α-hetero) is 1. The number of fused-ring (bicyclic) bond motifs is 1. The minimum atomic E-state index is -0.347. The lowest BCUT2D eigenvalue weighted by Gasteiger charge is -2.31. The van der Waals surface area contributed by atoms with Gasteiger partial charge in [0.15, 0.2) is 5.78 Å². The van der Waals surface area contributed by atoms with E-state index in [4.69, 9.17) is 0 Å². The summed E-state index contributed by atoms with van der Waals surface area (Å²) in [5, 5.41) is 3.34. The number of ketones is 1. The van der Waals surface area contributed by atoms with Crippen molar-refractivity contribution in [3.05, 3.63) is 23.0 Å². The van der Waals surface area contributed by atoms with Crippen LogP contribution in [0.15, 0.2) is 6.20 Å². The van der Waals surface area contributed by atoms with E-state index in [0.29, 0.717) is 12.2 Å². The summed E-state index contributed by atoms with van der Waals surface area (Å²) in [5.41, 5.74) is 3.56. The van der Waals surface area contributed by atoms with Gasteiger partial charge in [0, 0.05) is 18.2 Å². The standard InChI is InChI=1S/C13H18N2O/c1-5-9-6-14-11-10(8(9)2)15-7-13(3,4)12(11)16/h6,15H,5,7H2,1-4H3. The minimum absolute atomic E-state index is 0.145. The molecule has 3 nitrogen and oxygen atoms in total. The summed E-state index contributed by atoms with van der Waals surface area (Å²) in [4.78, 5) is 16.5. The van der Waals surface area contributed by atoms with Crippen LogP contribution in [0, 0.1) is 12.3 Å². The van der Waals surface area contributed by atoms with E-state index in [1.807, 2.05) is 20.0 Å². The Kier molecular flexibility index (Phi) is 2.49. The highest BCUT2D eigenvalue weighted by molar-refractivity contribution is 6.05. The fraction of sp³-hybridized carbons (Fsp3) is 0.538. The van der Waals surface area contributed by atoms with Crippen molar-refractivity contribution in [2.45, 2.75) is 34.1 Å². The van der Waals surface area contributed by atoms with Crippen LogP contribution in [0.25, 0.3) is 0 Å². The van der Waals surface area contributed by atoms with E-state index in [1.54, 1.807) is 0 Å². The summed E-state index contributed by atoms with van der Waals surface area (Å²) >= 11 is 0. The second-order valence-electron chi connectivity index (χ2n) is 5.05. The van der Waals surface area contributed by atoms with E-state index >= 15 is 0 Å². The molecule has 1 N–H and O–H groups in total. The molecular formula is C13H18N2O. The largest absolute Gasteiger partial charge is 0.382 e. The number of rotatable bonds is 1. The van der Waals surface area contributed by atoms with Gasteiger partial charge in [0.2, 0.25) is 0 Å². The van der Waals surface area contributed by atoms with Crippen molar-refractivity contribution in [3.63, 3.8) is 0 Å². The predicted octanol–water partition coefficient (Wildman–Crippen LogP) is 2.59. The van der Waals surface area contributed by atoms with Crippen LogP contribution >= 0.6 is 0 Å². The summed E-state index contributed by atoms with van der Waals surface area (Å²) in [6.07, 6.45) is 2.78. The summed E-state index contributed by atoms with van der Waals surface area (Å²) in [6, 6.07) is 0. The van der Waals surface area contributed by atoms with Crippen molar-refractivity contribution < 1.29 is 4.79 Å². The van der Waals surface area contributed by atoms with Crippen LogP contribution in [0.2, 0.25) is 0 Å². The Hall–Kier alpha value is -1.38. The average Bonchev–Trinajstić information content (AvgIpc) is 2.24. The van der Waals surface area contributed by atoms with Crippen molar-refractivity contribution in [1.29, 1.82) is 0 Å². The molecule has 2 rings (SSSR count). The maximum absolute atomic E-state index is 12.2. The number of hydrogen-bond donors (Lipinski definition) is 1. The predicted molar refractivity (Wildman–Crippen MR) is 65.0 cm³/mol. The van der Waals surface area contributed by atoms with E-state index in [0.717, 1.165) is 17.7 Å². The molecule has 1 aromatic heterocycles. The first kappa shape index (κ1) is 11.1. The van der Waals surface area contributed by atoms with E-state index in [2.05, 4.69) is 24.1 Å². The van der Waals surface area contributed by atoms with Gasteiger partial charge in [-0.3, -0.25) is 9.78 Å². The maximum atomic E-state index is 12.2. The number of aromatic nitrogens is 1. The normalized spacial score (nSPS) is 17.9. The minimum Gasteiger partial charge on any atom is -0.382 e. The molecule has 0 atom stereocenters. The first-order valence-corrected chi connectivity index (χ1v) is 5.74. The van der Waals surface area contributed by atoms with Crippen molar-refractivity contribution in [3.8, 4) is 0 Å². The summed E-state index contributed by atoms with van der Waals surface area (Å²) in [5.74, 6) is 0.145. The molecule has 0 aromatic carbocycles. The quantitative estimate of drug-likeness (QED) is 0.787. The van der Waals surface area contributed by atoms with Crippen molar-refractivity contribution in [2.75, 3.05) is 11.9 Å². The van der Waals surface area contributed by atoms with E-state index < -0.39 is 0 Å². The van der Waals surface area contributed by atoms with Gasteiger partial charge in [-0.25, -0.2) is 0 Å². The van der Waals surface area contributed by atoms with E-state index in [9.17, 15) is 4.79 Å². The molecule has 1 aliphatic rings. The van der Waals surface area contributed by atoms with Crippen molar-refractivity contribution in [1.82, 2.24) is 4.98 Å². The molecule has 1 aromatic rings. The van der Waals surface area contributed by atoms with Gasteiger partial charge < -0.3 is 5.32 Å². The lowest BCUT2D eigenvalue weighted by molar-refractivity contribution is 0.0839. The number of aryl methyl sites for hydroxylation is 1. The molecule has 0 radical (unpaired) electrons. The molecule has 0 spiro atoms. The van der Waals surface area contributed by atoms with Crippen LogP contribution in [-0.4, -0.2) is 17.3 Å². The lowest BCUT2D eigenvalue weighted by Crippen LogP contribution is -2.38. The van der Waals surface area contributed by atoms with Gasteiger partial charge in [-0.2, -0.15) is 0 Å². The second kappa shape index (κ2) is 3.58. The molecule has 1 aliphatic heterocycles. The molecule has 86 valence electrons. The molecule has 2 heterocycles. The molecule has 0 saturated heterocycles. The highest BCUT2D eigenvalue weighted by Gasteiger charge is 2.36. The van der Waals surface area contributed by atoms with Gasteiger partial charge in [-0.1, -0.05) is 20.8 Å².